The van der Waals surface area contributed by atoms with E-state index in [-0.39, 0.29) is 0 Å². The molecule has 0 bridgehead atoms. The van der Waals surface area contributed by atoms with E-state index < -0.39 is 0 Å². The van der Waals surface area contributed by atoms with Crippen LogP contribution in [0.5, 0.6) is 0 Å². The molecule has 100 valence electrons. The first-order valence-electron chi connectivity index (χ1n) is 6.77. The molecule has 1 saturated carbocycles. The molecule has 0 heterocycles. The molecule has 2 unspecified atom stereocenters. The second-order valence-electron chi connectivity index (χ2n) is 5.49. The molecule has 0 saturated heterocycles. The number of nitrogens with zero attached hydrogens (tertiary/aromatic N) is 1. The maximum atomic E-state index is 5.87. The SMILES string of the molecule is Cc1cc(CN(C)C2CCCC2CN)ccc1Br. The summed E-state index contributed by atoms with van der Waals surface area (Å²) in [6.45, 7) is 4.00. The van der Waals surface area contributed by atoms with Gasteiger partial charge in [0.25, 0.3) is 0 Å². The van der Waals surface area contributed by atoms with Crippen LogP contribution in [0.4, 0.5) is 0 Å². The highest BCUT2D eigenvalue weighted by molar-refractivity contribution is 9.10. The first-order valence-corrected chi connectivity index (χ1v) is 7.56. The molecule has 1 aliphatic carbocycles. The summed E-state index contributed by atoms with van der Waals surface area (Å²) in [6.07, 6.45) is 3.93. The van der Waals surface area contributed by atoms with Crippen LogP contribution in [-0.2, 0) is 6.54 Å². The number of halogens is 1. The van der Waals surface area contributed by atoms with Gasteiger partial charge in [0.15, 0.2) is 0 Å². The Morgan fingerprint density at radius 2 is 2.17 bits per heavy atom. The van der Waals surface area contributed by atoms with Crippen LogP contribution >= 0.6 is 15.9 Å². The number of benzene rings is 1. The summed E-state index contributed by atoms with van der Waals surface area (Å²) >= 11 is 3.55. The lowest BCUT2D eigenvalue weighted by atomic mass is 10.0. The third-order valence-electron chi connectivity index (χ3n) is 4.14. The van der Waals surface area contributed by atoms with Gasteiger partial charge in [0, 0.05) is 17.1 Å². The highest BCUT2D eigenvalue weighted by Crippen LogP contribution is 2.29. The maximum absolute atomic E-state index is 5.87. The molecule has 2 atom stereocenters. The van der Waals surface area contributed by atoms with E-state index in [9.17, 15) is 0 Å². The molecular formula is C15H23BrN2. The van der Waals surface area contributed by atoms with Crippen molar-refractivity contribution < 1.29 is 0 Å². The standard InChI is InChI=1S/C15H23BrN2/c1-11-8-12(6-7-14(11)16)10-18(2)15-5-3-4-13(15)9-17/h6-8,13,15H,3-5,9-10,17H2,1-2H3. The molecule has 3 heteroatoms. The molecule has 1 aliphatic rings. The topological polar surface area (TPSA) is 29.3 Å². The lowest BCUT2D eigenvalue weighted by Gasteiger charge is -2.29. The summed E-state index contributed by atoms with van der Waals surface area (Å²) in [4.78, 5) is 2.48. The third kappa shape index (κ3) is 3.14. The van der Waals surface area contributed by atoms with Crippen molar-refractivity contribution >= 4 is 15.9 Å². The van der Waals surface area contributed by atoms with Crippen molar-refractivity contribution in [1.82, 2.24) is 4.90 Å². The fourth-order valence-corrected chi connectivity index (χ4v) is 3.33. The zero-order valence-corrected chi connectivity index (χ0v) is 12.9. The molecule has 2 rings (SSSR count). The van der Waals surface area contributed by atoms with Crippen molar-refractivity contribution in [2.24, 2.45) is 11.7 Å². The van der Waals surface area contributed by atoms with Crippen molar-refractivity contribution in [1.29, 1.82) is 0 Å². The van der Waals surface area contributed by atoms with Gasteiger partial charge in [-0.25, -0.2) is 0 Å². The van der Waals surface area contributed by atoms with E-state index in [1.807, 2.05) is 0 Å². The van der Waals surface area contributed by atoms with Gasteiger partial charge in [0.05, 0.1) is 0 Å². The molecule has 2 nitrogen and oxygen atoms in total. The van der Waals surface area contributed by atoms with E-state index in [2.05, 4.69) is 53.0 Å². The zero-order chi connectivity index (χ0) is 13.1. The van der Waals surface area contributed by atoms with Crippen molar-refractivity contribution in [2.75, 3.05) is 13.6 Å². The Hall–Kier alpha value is -0.380. The van der Waals surface area contributed by atoms with Crippen molar-refractivity contribution in [3.8, 4) is 0 Å². The van der Waals surface area contributed by atoms with E-state index in [1.54, 1.807) is 0 Å². The number of nitrogens with two attached hydrogens (primary N) is 1. The van der Waals surface area contributed by atoms with Crippen LogP contribution in [0.3, 0.4) is 0 Å². The van der Waals surface area contributed by atoms with Gasteiger partial charge in [0.2, 0.25) is 0 Å². The Labute approximate surface area is 119 Å². The van der Waals surface area contributed by atoms with Crippen molar-refractivity contribution in [3.05, 3.63) is 33.8 Å². The van der Waals surface area contributed by atoms with Gasteiger partial charge in [-0.15, -0.1) is 0 Å². The quantitative estimate of drug-likeness (QED) is 0.924. The van der Waals surface area contributed by atoms with Crippen molar-refractivity contribution in [2.45, 2.75) is 38.8 Å². The fourth-order valence-electron chi connectivity index (χ4n) is 3.08. The molecule has 1 aromatic rings. The van der Waals surface area contributed by atoms with Crippen LogP contribution in [0.2, 0.25) is 0 Å². The summed E-state index contributed by atoms with van der Waals surface area (Å²) in [5, 5.41) is 0. The molecule has 1 fully saturated rings. The molecule has 0 amide bonds. The Bertz CT molecular complexity index is 405. The average Bonchev–Trinajstić information content (AvgIpc) is 2.82. The molecule has 0 aliphatic heterocycles. The van der Waals surface area contributed by atoms with E-state index in [0.717, 1.165) is 13.1 Å². The lowest BCUT2D eigenvalue weighted by molar-refractivity contribution is 0.193. The minimum atomic E-state index is 0.666. The van der Waals surface area contributed by atoms with Crippen molar-refractivity contribution in [3.63, 3.8) is 0 Å². The largest absolute Gasteiger partial charge is 0.330 e. The molecule has 0 aromatic heterocycles. The molecule has 18 heavy (non-hydrogen) atoms. The molecule has 0 spiro atoms. The Kier molecular flexibility index (Phi) is 4.82. The van der Waals surface area contributed by atoms with E-state index >= 15 is 0 Å². The van der Waals surface area contributed by atoms with Gasteiger partial charge in [-0.1, -0.05) is 34.5 Å². The smallest absolute Gasteiger partial charge is 0.0233 e. The number of hydrogen-bond acceptors (Lipinski definition) is 2. The predicted molar refractivity (Wildman–Crippen MR) is 80.5 cm³/mol. The number of rotatable bonds is 4. The fraction of sp³-hybridized carbons (Fsp3) is 0.600. The van der Waals surface area contributed by atoms with Crippen LogP contribution in [0.15, 0.2) is 22.7 Å². The van der Waals surface area contributed by atoms with Gasteiger partial charge < -0.3 is 5.73 Å². The lowest BCUT2D eigenvalue weighted by Crippen LogP contribution is -2.37. The number of aryl methyl sites for hydroxylation is 1. The highest BCUT2D eigenvalue weighted by atomic mass is 79.9. The van der Waals surface area contributed by atoms with E-state index in [1.165, 1.54) is 34.9 Å². The van der Waals surface area contributed by atoms with E-state index in [0.29, 0.717) is 12.0 Å². The van der Waals surface area contributed by atoms with Crippen LogP contribution in [0.25, 0.3) is 0 Å². The van der Waals surface area contributed by atoms with Gasteiger partial charge in [-0.2, -0.15) is 0 Å². The first kappa shape index (κ1) is 14.0. The molecule has 2 N–H and O–H groups in total. The summed E-state index contributed by atoms with van der Waals surface area (Å²) in [5.41, 5.74) is 8.56. The van der Waals surface area contributed by atoms with E-state index in [4.69, 9.17) is 5.73 Å². The Morgan fingerprint density at radius 3 is 2.83 bits per heavy atom. The monoisotopic (exact) mass is 310 g/mol. The summed E-state index contributed by atoms with van der Waals surface area (Å²) in [7, 11) is 2.23. The number of hydrogen-bond donors (Lipinski definition) is 1. The zero-order valence-electron chi connectivity index (χ0n) is 11.3. The minimum absolute atomic E-state index is 0.666. The van der Waals surface area contributed by atoms with Gasteiger partial charge in [-0.3, -0.25) is 4.90 Å². The molecule has 1 aromatic carbocycles. The first-order chi connectivity index (χ1) is 8.61. The van der Waals surface area contributed by atoms with Crippen LogP contribution in [0.1, 0.15) is 30.4 Å². The van der Waals surface area contributed by atoms with Gasteiger partial charge >= 0.3 is 0 Å². The maximum Gasteiger partial charge on any atom is 0.0233 e. The summed E-state index contributed by atoms with van der Waals surface area (Å²) in [6, 6.07) is 7.29. The van der Waals surface area contributed by atoms with Crippen LogP contribution < -0.4 is 5.73 Å². The van der Waals surface area contributed by atoms with Gasteiger partial charge in [0.1, 0.15) is 0 Å². The summed E-state index contributed by atoms with van der Waals surface area (Å²) < 4.78 is 1.19. The average molecular weight is 311 g/mol. The van der Waals surface area contributed by atoms with Gasteiger partial charge in [-0.05, 0) is 56.5 Å². The Morgan fingerprint density at radius 1 is 1.39 bits per heavy atom. The second kappa shape index (κ2) is 6.18. The molecule has 0 radical (unpaired) electrons. The Balaban J connectivity index is 2.02. The van der Waals surface area contributed by atoms with Crippen LogP contribution in [0, 0.1) is 12.8 Å². The summed E-state index contributed by atoms with van der Waals surface area (Å²) in [5.74, 6) is 0.687. The minimum Gasteiger partial charge on any atom is -0.330 e. The second-order valence-corrected chi connectivity index (χ2v) is 6.35. The third-order valence-corrected chi connectivity index (χ3v) is 5.03. The normalized spacial score (nSPS) is 23.8. The van der Waals surface area contributed by atoms with Crippen LogP contribution in [-0.4, -0.2) is 24.5 Å². The highest BCUT2D eigenvalue weighted by Gasteiger charge is 2.29. The predicted octanol–water partition coefficient (Wildman–Crippen LogP) is 3.32. The molecular weight excluding hydrogens is 288 g/mol.